The lowest BCUT2D eigenvalue weighted by Crippen LogP contribution is -2.24. The van der Waals surface area contributed by atoms with E-state index in [1.807, 2.05) is 22.7 Å². The summed E-state index contributed by atoms with van der Waals surface area (Å²) in [5.74, 6) is 0.957. The summed E-state index contributed by atoms with van der Waals surface area (Å²) in [4.78, 5) is 15.5. The minimum Gasteiger partial charge on any atom is -0.314 e. The fourth-order valence-electron chi connectivity index (χ4n) is 2.53. The van der Waals surface area contributed by atoms with Crippen LogP contribution in [0, 0.1) is 0 Å². The van der Waals surface area contributed by atoms with Crippen LogP contribution in [0.4, 0.5) is 0 Å². The number of hydrogen-bond donors (Lipinski definition) is 1. The second kappa shape index (κ2) is 4.82. The van der Waals surface area contributed by atoms with Gasteiger partial charge in [-0.25, -0.2) is 4.98 Å². The first-order valence-electron chi connectivity index (χ1n) is 6.13. The molecule has 1 fully saturated rings. The van der Waals surface area contributed by atoms with Gasteiger partial charge in [0.2, 0.25) is 0 Å². The first-order chi connectivity index (χ1) is 8.78. The van der Waals surface area contributed by atoms with Gasteiger partial charge in [-0.3, -0.25) is 4.79 Å². The summed E-state index contributed by atoms with van der Waals surface area (Å²) in [6, 6.07) is 4.38. The third-order valence-corrected chi connectivity index (χ3v) is 3.90. The molecule has 1 aliphatic rings. The molecule has 3 heterocycles. The zero-order valence-corrected chi connectivity index (χ0v) is 11.5. The number of carbonyl (C=O) groups excluding carboxylic acids is 1. The molecule has 5 heteroatoms. The van der Waals surface area contributed by atoms with Gasteiger partial charge in [0.15, 0.2) is 6.29 Å². The first kappa shape index (κ1) is 11.9. The van der Waals surface area contributed by atoms with Crippen molar-refractivity contribution in [1.82, 2.24) is 14.7 Å². The van der Waals surface area contributed by atoms with Crippen LogP contribution in [-0.4, -0.2) is 28.3 Å². The van der Waals surface area contributed by atoms with E-state index in [-0.39, 0.29) is 0 Å². The van der Waals surface area contributed by atoms with E-state index >= 15 is 0 Å². The van der Waals surface area contributed by atoms with Crippen LogP contribution in [-0.2, 0) is 6.42 Å². The number of aldehydes is 1. The zero-order valence-electron chi connectivity index (χ0n) is 9.90. The van der Waals surface area contributed by atoms with E-state index in [2.05, 4.69) is 26.2 Å². The van der Waals surface area contributed by atoms with Crippen molar-refractivity contribution in [3.63, 3.8) is 0 Å². The van der Waals surface area contributed by atoms with Gasteiger partial charge < -0.3 is 9.72 Å². The largest absolute Gasteiger partial charge is 0.314 e. The van der Waals surface area contributed by atoms with Crippen molar-refractivity contribution in [3.05, 3.63) is 34.3 Å². The van der Waals surface area contributed by atoms with Gasteiger partial charge in [-0.1, -0.05) is 15.9 Å². The molecule has 1 aliphatic heterocycles. The minimum absolute atomic E-state index is 0.485. The summed E-state index contributed by atoms with van der Waals surface area (Å²) in [5.41, 5.74) is 1.39. The van der Waals surface area contributed by atoms with Crippen LogP contribution in [0.25, 0.3) is 5.52 Å². The molecular weight excluding hydrogens is 294 g/mol. The lowest BCUT2D eigenvalue weighted by Gasteiger charge is -2.08. The number of halogens is 1. The Morgan fingerprint density at radius 3 is 3.22 bits per heavy atom. The van der Waals surface area contributed by atoms with Crippen LogP contribution < -0.4 is 5.32 Å². The average molecular weight is 308 g/mol. The highest BCUT2D eigenvalue weighted by atomic mass is 79.9. The Labute approximate surface area is 114 Å². The standard InChI is InChI=1S/C13H14BrN3O/c14-9-3-5-17-12(6-9)11(8-18)16-13(17)7-10-2-1-4-15-10/h3,5-6,8,10,15H,1-2,4,7H2. The second-order valence-electron chi connectivity index (χ2n) is 4.63. The van der Waals surface area contributed by atoms with Gasteiger partial charge in [0.1, 0.15) is 11.5 Å². The van der Waals surface area contributed by atoms with E-state index in [9.17, 15) is 4.79 Å². The van der Waals surface area contributed by atoms with Crippen molar-refractivity contribution in [1.29, 1.82) is 0 Å². The summed E-state index contributed by atoms with van der Waals surface area (Å²) < 4.78 is 2.97. The minimum atomic E-state index is 0.485. The summed E-state index contributed by atoms with van der Waals surface area (Å²) >= 11 is 3.42. The lowest BCUT2D eigenvalue weighted by atomic mass is 10.1. The Morgan fingerprint density at radius 2 is 2.50 bits per heavy atom. The van der Waals surface area contributed by atoms with Crippen molar-refractivity contribution in [2.45, 2.75) is 25.3 Å². The van der Waals surface area contributed by atoms with Crippen LogP contribution in [0.15, 0.2) is 22.8 Å². The number of imidazole rings is 1. The van der Waals surface area contributed by atoms with E-state index in [1.54, 1.807) is 0 Å². The molecule has 0 aliphatic carbocycles. The van der Waals surface area contributed by atoms with Gasteiger partial charge in [0.05, 0.1) is 5.52 Å². The molecule has 3 rings (SSSR count). The molecule has 2 aromatic heterocycles. The third kappa shape index (κ3) is 2.08. The number of carbonyl (C=O) groups is 1. The molecule has 0 radical (unpaired) electrons. The highest BCUT2D eigenvalue weighted by Crippen LogP contribution is 2.19. The van der Waals surface area contributed by atoms with Gasteiger partial charge in [-0.05, 0) is 31.5 Å². The summed E-state index contributed by atoms with van der Waals surface area (Å²) in [7, 11) is 0. The van der Waals surface area contributed by atoms with Gasteiger partial charge in [-0.15, -0.1) is 0 Å². The molecule has 0 spiro atoms. The number of nitrogens with one attached hydrogen (secondary N) is 1. The number of pyridine rings is 1. The Bertz CT molecular complexity index is 587. The number of nitrogens with zero attached hydrogens (tertiary/aromatic N) is 2. The van der Waals surface area contributed by atoms with Crippen molar-refractivity contribution in [3.8, 4) is 0 Å². The smallest absolute Gasteiger partial charge is 0.170 e. The molecule has 1 N–H and O–H groups in total. The summed E-state index contributed by atoms with van der Waals surface area (Å²) in [6.07, 6.45) is 6.07. The van der Waals surface area contributed by atoms with Gasteiger partial charge in [0, 0.05) is 23.1 Å². The topological polar surface area (TPSA) is 46.4 Å². The molecule has 0 amide bonds. The third-order valence-electron chi connectivity index (χ3n) is 3.41. The molecule has 1 atom stereocenters. The van der Waals surface area contributed by atoms with Crippen molar-refractivity contribution < 1.29 is 4.79 Å². The Kier molecular flexibility index (Phi) is 3.18. The molecule has 94 valence electrons. The SMILES string of the molecule is O=Cc1nc(CC2CCCN2)n2ccc(Br)cc12. The maximum absolute atomic E-state index is 11.1. The predicted molar refractivity (Wildman–Crippen MR) is 73.0 cm³/mol. The normalized spacial score (nSPS) is 19.5. The summed E-state index contributed by atoms with van der Waals surface area (Å²) in [6.45, 7) is 1.08. The fraction of sp³-hybridized carbons (Fsp3) is 0.385. The van der Waals surface area contributed by atoms with Crippen LogP contribution >= 0.6 is 15.9 Å². The fourth-order valence-corrected chi connectivity index (χ4v) is 2.86. The molecule has 2 aromatic rings. The number of rotatable bonds is 3. The van der Waals surface area contributed by atoms with Crippen molar-refractivity contribution in [2.75, 3.05) is 6.54 Å². The zero-order chi connectivity index (χ0) is 12.5. The van der Waals surface area contributed by atoms with Gasteiger partial charge >= 0.3 is 0 Å². The molecule has 0 saturated carbocycles. The van der Waals surface area contributed by atoms with Crippen molar-refractivity contribution >= 4 is 27.7 Å². The van der Waals surface area contributed by atoms with Crippen LogP contribution in [0.2, 0.25) is 0 Å². The van der Waals surface area contributed by atoms with Crippen molar-refractivity contribution in [2.24, 2.45) is 0 Å². The Morgan fingerprint density at radius 1 is 1.61 bits per heavy atom. The monoisotopic (exact) mass is 307 g/mol. The average Bonchev–Trinajstić information content (AvgIpc) is 2.98. The Hall–Kier alpha value is -1.20. The lowest BCUT2D eigenvalue weighted by molar-refractivity contribution is 0.112. The second-order valence-corrected chi connectivity index (χ2v) is 5.54. The van der Waals surface area contributed by atoms with Crippen LogP contribution in [0.1, 0.15) is 29.2 Å². The maximum atomic E-state index is 11.1. The van der Waals surface area contributed by atoms with Gasteiger partial charge in [0.25, 0.3) is 0 Å². The Balaban J connectivity index is 2.03. The quantitative estimate of drug-likeness (QED) is 0.884. The molecule has 4 nitrogen and oxygen atoms in total. The van der Waals surface area contributed by atoms with E-state index in [1.165, 1.54) is 12.8 Å². The molecular formula is C13H14BrN3O. The molecule has 0 aromatic carbocycles. The number of hydrogen-bond acceptors (Lipinski definition) is 3. The maximum Gasteiger partial charge on any atom is 0.170 e. The number of aromatic nitrogens is 2. The number of fused-ring (bicyclic) bond motifs is 1. The summed E-state index contributed by atoms with van der Waals surface area (Å²) in [5, 5.41) is 3.46. The molecule has 18 heavy (non-hydrogen) atoms. The highest BCUT2D eigenvalue weighted by molar-refractivity contribution is 9.10. The first-order valence-corrected chi connectivity index (χ1v) is 6.92. The predicted octanol–water partition coefficient (Wildman–Crippen LogP) is 2.20. The van der Waals surface area contributed by atoms with E-state index < -0.39 is 0 Å². The van der Waals surface area contributed by atoms with Crippen LogP contribution in [0.5, 0.6) is 0 Å². The van der Waals surface area contributed by atoms with Crippen LogP contribution in [0.3, 0.4) is 0 Å². The molecule has 0 bridgehead atoms. The molecule has 1 unspecified atom stereocenters. The van der Waals surface area contributed by atoms with E-state index in [0.29, 0.717) is 11.7 Å². The van der Waals surface area contributed by atoms with E-state index in [0.717, 1.165) is 35.1 Å². The molecule has 1 saturated heterocycles. The highest BCUT2D eigenvalue weighted by Gasteiger charge is 2.18. The van der Waals surface area contributed by atoms with Gasteiger partial charge in [-0.2, -0.15) is 0 Å². The van der Waals surface area contributed by atoms with E-state index in [4.69, 9.17) is 0 Å².